The maximum atomic E-state index is 12.0. The smallest absolute Gasteiger partial charge is 0.226 e. The van der Waals surface area contributed by atoms with Crippen molar-refractivity contribution in [2.45, 2.75) is 31.9 Å². The van der Waals surface area contributed by atoms with Gasteiger partial charge in [-0.05, 0) is 32.2 Å². The standard InChI is InChI=1S/C11H22N2OS/c1-9(15-3)8-13-10(14)11(2)4-6-12-7-5-11/h9,12H,4-8H2,1-3H3,(H,13,14). The van der Waals surface area contributed by atoms with E-state index in [0.717, 1.165) is 32.5 Å². The zero-order valence-corrected chi connectivity index (χ0v) is 10.7. The fourth-order valence-electron chi connectivity index (χ4n) is 1.74. The molecule has 1 aliphatic heterocycles. The van der Waals surface area contributed by atoms with Crippen LogP contribution in [-0.2, 0) is 4.79 Å². The molecule has 0 aromatic heterocycles. The van der Waals surface area contributed by atoms with Gasteiger partial charge in [0.05, 0.1) is 0 Å². The summed E-state index contributed by atoms with van der Waals surface area (Å²) >= 11 is 1.79. The average Bonchev–Trinajstić information content (AvgIpc) is 2.26. The molecule has 0 saturated carbocycles. The first-order valence-corrected chi connectivity index (χ1v) is 6.89. The summed E-state index contributed by atoms with van der Waals surface area (Å²) in [5.74, 6) is 0.227. The van der Waals surface area contributed by atoms with Crippen LogP contribution >= 0.6 is 11.8 Å². The highest BCUT2D eigenvalue weighted by Crippen LogP contribution is 2.27. The molecule has 1 saturated heterocycles. The average molecular weight is 230 g/mol. The Balaban J connectivity index is 2.37. The van der Waals surface area contributed by atoms with E-state index in [1.165, 1.54) is 0 Å². The molecule has 0 aromatic carbocycles. The molecule has 0 aromatic rings. The molecule has 4 heteroatoms. The van der Waals surface area contributed by atoms with Crippen molar-refractivity contribution >= 4 is 17.7 Å². The van der Waals surface area contributed by atoms with Crippen molar-refractivity contribution in [2.75, 3.05) is 25.9 Å². The Hall–Kier alpha value is -0.220. The molecule has 0 bridgehead atoms. The van der Waals surface area contributed by atoms with Crippen molar-refractivity contribution in [3.63, 3.8) is 0 Å². The molecule has 0 spiro atoms. The first-order chi connectivity index (χ1) is 7.08. The lowest BCUT2D eigenvalue weighted by Crippen LogP contribution is -2.46. The van der Waals surface area contributed by atoms with Crippen LogP contribution in [0.15, 0.2) is 0 Å². The van der Waals surface area contributed by atoms with Crippen LogP contribution in [0.25, 0.3) is 0 Å². The summed E-state index contributed by atoms with van der Waals surface area (Å²) in [6.07, 6.45) is 3.97. The zero-order valence-electron chi connectivity index (χ0n) is 9.93. The number of piperidine rings is 1. The van der Waals surface area contributed by atoms with E-state index < -0.39 is 0 Å². The first kappa shape index (κ1) is 12.8. The van der Waals surface area contributed by atoms with E-state index in [4.69, 9.17) is 0 Å². The van der Waals surface area contributed by atoms with Crippen molar-refractivity contribution < 1.29 is 4.79 Å². The fourth-order valence-corrected chi connectivity index (χ4v) is 1.99. The molecular formula is C11H22N2OS. The van der Waals surface area contributed by atoms with E-state index in [1.54, 1.807) is 11.8 Å². The number of carbonyl (C=O) groups is 1. The number of hydrogen-bond donors (Lipinski definition) is 2. The highest BCUT2D eigenvalue weighted by atomic mass is 32.2. The summed E-state index contributed by atoms with van der Waals surface area (Å²) in [5.41, 5.74) is -0.149. The summed E-state index contributed by atoms with van der Waals surface area (Å²) in [5, 5.41) is 6.84. The van der Waals surface area contributed by atoms with Crippen LogP contribution < -0.4 is 10.6 Å². The van der Waals surface area contributed by atoms with Gasteiger partial charge in [-0.3, -0.25) is 4.79 Å². The molecule has 3 nitrogen and oxygen atoms in total. The third kappa shape index (κ3) is 3.68. The lowest BCUT2D eigenvalue weighted by molar-refractivity contribution is -0.131. The topological polar surface area (TPSA) is 41.1 Å². The molecule has 1 aliphatic rings. The van der Waals surface area contributed by atoms with Gasteiger partial charge in [-0.1, -0.05) is 13.8 Å². The predicted molar refractivity (Wildman–Crippen MR) is 66.2 cm³/mol. The predicted octanol–water partition coefficient (Wildman–Crippen LogP) is 1.24. The molecule has 2 N–H and O–H groups in total. The number of thioether (sulfide) groups is 1. The summed E-state index contributed by atoms with van der Waals surface area (Å²) in [4.78, 5) is 12.0. The van der Waals surface area contributed by atoms with E-state index in [-0.39, 0.29) is 11.3 Å². The lowest BCUT2D eigenvalue weighted by Gasteiger charge is -2.32. The minimum absolute atomic E-state index is 0.149. The molecular weight excluding hydrogens is 208 g/mol. The molecule has 88 valence electrons. The van der Waals surface area contributed by atoms with Gasteiger partial charge in [0.1, 0.15) is 0 Å². The Morgan fingerprint density at radius 2 is 2.13 bits per heavy atom. The van der Waals surface area contributed by atoms with Crippen LogP contribution in [0, 0.1) is 5.41 Å². The molecule has 1 heterocycles. The maximum absolute atomic E-state index is 12.0. The number of rotatable bonds is 4. The van der Waals surface area contributed by atoms with Gasteiger partial charge in [0, 0.05) is 17.2 Å². The Morgan fingerprint density at radius 3 is 2.67 bits per heavy atom. The van der Waals surface area contributed by atoms with E-state index in [0.29, 0.717) is 5.25 Å². The monoisotopic (exact) mass is 230 g/mol. The van der Waals surface area contributed by atoms with Crippen LogP contribution in [0.4, 0.5) is 0 Å². The van der Waals surface area contributed by atoms with Crippen LogP contribution in [-0.4, -0.2) is 37.0 Å². The lowest BCUT2D eigenvalue weighted by atomic mass is 9.80. The molecule has 0 radical (unpaired) electrons. The summed E-state index contributed by atoms with van der Waals surface area (Å²) in [6, 6.07) is 0. The van der Waals surface area contributed by atoms with Gasteiger partial charge in [0.15, 0.2) is 0 Å². The second-order valence-electron chi connectivity index (χ2n) is 4.57. The third-order valence-electron chi connectivity index (χ3n) is 3.21. The highest BCUT2D eigenvalue weighted by Gasteiger charge is 2.34. The van der Waals surface area contributed by atoms with Crippen molar-refractivity contribution in [2.24, 2.45) is 5.41 Å². The second kappa shape index (κ2) is 5.75. The molecule has 1 fully saturated rings. The molecule has 1 amide bonds. The maximum Gasteiger partial charge on any atom is 0.226 e. The summed E-state index contributed by atoms with van der Waals surface area (Å²) < 4.78 is 0. The quantitative estimate of drug-likeness (QED) is 0.763. The Morgan fingerprint density at radius 1 is 1.53 bits per heavy atom. The van der Waals surface area contributed by atoms with Crippen molar-refractivity contribution in [1.29, 1.82) is 0 Å². The van der Waals surface area contributed by atoms with Crippen LogP contribution in [0.1, 0.15) is 26.7 Å². The number of amides is 1. The van der Waals surface area contributed by atoms with Gasteiger partial charge >= 0.3 is 0 Å². The third-order valence-corrected chi connectivity index (χ3v) is 4.18. The first-order valence-electron chi connectivity index (χ1n) is 5.60. The SMILES string of the molecule is CSC(C)CNC(=O)C1(C)CCNCC1. The van der Waals surface area contributed by atoms with E-state index in [1.807, 2.05) is 0 Å². The second-order valence-corrected chi connectivity index (χ2v) is 5.84. The van der Waals surface area contributed by atoms with E-state index in [2.05, 4.69) is 30.7 Å². The largest absolute Gasteiger partial charge is 0.355 e. The zero-order chi connectivity index (χ0) is 11.3. The van der Waals surface area contributed by atoms with Crippen LogP contribution in [0.5, 0.6) is 0 Å². The van der Waals surface area contributed by atoms with Gasteiger partial charge < -0.3 is 10.6 Å². The molecule has 1 atom stereocenters. The van der Waals surface area contributed by atoms with E-state index >= 15 is 0 Å². The van der Waals surface area contributed by atoms with Crippen LogP contribution in [0.2, 0.25) is 0 Å². The normalized spacial score (nSPS) is 22.1. The Labute approximate surface area is 96.8 Å². The highest BCUT2D eigenvalue weighted by molar-refractivity contribution is 7.99. The Kier molecular flexibility index (Phi) is 4.93. The summed E-state index contributed by atoms with van der Waals surface area (Å²) in [6.45, 7) is 6.91. The van der Waals surface area contributed by atoms with Crippen molar-refractivity contribution in [3.05, 3.63) is 0 Å². The van der Waals surface area contributed by atoms with Crippen molar-refractivity contribution in [3.8, 4) is 0 Å². The summed E-state index contributed by atoms with van der Waals surface area (Å²) in [7, 11) is 0. The van der Waals surface area contributed by atoms with Gasteiger partial charge in [0.2, 0.25) is 5.91 Å². The number of hydrogen-bond acceptors (Lipinski definition) is 3. The molecule has 0 aliphatic carbocycles. The minimum atomic E-state index is -0.149. The van der Waals surface area contributed by atoms with Gasteiger partial charge in [0.25, 0.3) is 0 Å². The molecule has 1 unspecified atom stereocenters. The van der Waals surface area contributed by atoms with Gasteiger partial charge in [-0.15, -0.1) is 0 Å². The fraction of sp³-hybridized carbons (Fsp3) is 0.909. The van der Waals surface area contributed by atoms with Gasteiger partial charge in [-0.25, -0.2) is 0 Å². The number of carbonyl (C=O) groups excluding carboxylic acids is 1. The van der Waals surface area contributed by atoms with E-state index in [9.17, 15) is 4.79 Å². The minimum Gasteiger partial charge on any atom is -0.355 e. The molecule has 1 rings (SSSR count). The molecule has 15 heavy (non-hydrogen) atoms. The Bertz CT molecular complexity index is 215. The van der Waals surface area contributed by atoms with Gasteiger partial charge in [-0.2, -0.15) is 11.8 Å². The van der Waals surface area contributed by atoms with Crippen LogP contribution in [0.3, 0.4) is 0 Å². The number of nitrogens with one attached hydrogen (secondary N) is 2. The van der Waals surface area contributed by atoms with Crippen molar-refractivity contribution in [1.82, 2.24) is 10.6 Å².